The van der Waals surface area contributed by atoms with E-state index in [0.29, 0.717) is 6.42 Å². The Labute approximate surface area is 88.9 Å². The van der Waals surface area contributed by atoms with Crippen LogP contribution in [0.2, 0.25) is 0 Å². The molecule has 1 aromatic rings. The summed E-state index contributed by atoms with van der Waals surface area (Å²) in [5, 5.41) is 9.10. The number of imidazole rings is 1. The number of aryl methyl sites for hydroxylation is 1. The summed E-state index contributed by atoms with van der Waals surface area (Å²) in [5.74, 6) is -0.761. The molecule has 1 N–H and O–H groups in total. The lowest BCUT2D eigenvalue weighted by molar-refractivity contribution is -0.141. The number of hydrogen-bond acceptors (Lipinski definition) is 2. The van der Waals surface area contributed by atoms with E-state index in [9.17, 15) is 4.79 Å². The van der Waals surface area contributed by atoms with Crippen LogP contribution in [0.3, 0.4) is 0 Å². The summed E-state index contributed by atoms with van der Waals surface area (Å²) in [4.78, 5) is 15.4. The van der Waals surface area contributed by atoms with Crippen LogP contribution < -0.4 is 0 Å². The first-order valence-corrected chi connectivity index (χ1v) is 5.51. The molecule has 0 radical (unpaired) electrons. The Morgan fingerprint density at radius 2 is 2.33 bits per heavy atom. The van der Waals surface area contributed by atoms with Crippen LogP contribution in [0.4, 0.5) is 0 Å². The molecule has 1 aliphatic rings. The number of carboxylic acids is 1. The summed E-state index contributed by atoms with van der Waals surface area (Å²) in [6.07, 6.45) is 6.59. The minimum Gasteiger partial charge on any atom is -0.480 e. The van der Waals surface area contributed by atoms with Gasteiger partial charge < -0.3 is 9.67 Å². The molecule has 4 nitrogen and oxygen atoms in total. The van der Waals surface area contributed by atoms with E-state index in [2.05, 4.69) is 4.98 Å². The van der Waals surface area contributed by atoms with Crippen molar-refractivity contribution in [3.05, 3.63) is 17.7 Å². The highest BCUT2D eigenvalue weighted by Gasteiger charge is 2.23. The predicted octanol–water partition coefficient (Wildman–Crippen LogP) is 1.80. The standard InChI is InChI=1S/C11H16N2O2/c1-2-9(11(14)15)13-7-12-8-5-3-4-6-10(8)13/h7,9H,2-6H2,1H3,(H,14,15). The van der Waals surface area contributed by atoms with Gasteiger partial charge >= 0.3 is 5.97 Å². The first kappa shape index (κ1) is 10.2. The second-order valence-corrected chi connectivity index (χ2v) is 4.01. The van der Waals surface area contributed by atoms with E-state index in [1.165, 1.54) is 6.42 Å². The van der Waals surface area contributed by atoms with Crippen molar-refractivity contribution in [1.82, 2.24) is 9.55 Å². The number of aliphatic carboxylic acids is 1. The second kappa shape index (κ2) is 4.04. The minimum absolute atomic E-state index is 0.445. The highest BCUT2D eigenvalue weighted by Crippen LogP contribution is 2.24. The monoisotopic (exact) mass is 208 g/mol. The van der Waals surface area contributed by atoms with Crippen molar-refractivity contribution in [1.29, 1.82) is 0 Å². The van der Waals surface area contributed by atoms with Crippen LogP contribution in [0.25, 0.3) is 0 Å². The Balaban J connectivity index is 2.35. The molecule has 0 amide bonds. The largest absolute Gasteiger partial charge is 0.480 e. The average Bonchev–Trinajstić information content (AvgIpc) is 2.63. The van der Waals surface area contributed by atoms with E-state index in [0.717, 1.165) is 30.7 Å². The maximum Gasteiger partial charge on any atom is 0.326 e. The van der Waals surface area contributed by atoms with Gasteiger partial charge in [-0.2, -0.15) is 0 Å². The zero-order valence-electron chi connectivity index (χ0n) is 8.94. The molecule has 0 saturated carbocycles. The Morgan fingerprint density at radius 1 is 1.60 bits per heavy atom. The highest BCUT2D eigenvalue weighted by atomic mass is 16.4. The van der Waals surface area contributed by atoms with Crippen LogP contribution in [-0.2, 0) is 17.6 Å². The third-order valence-corrected chi connectivity index (χ3v) is 3.07. The van der Waals surface area contributed by atoms with Gasteiger partial charge in [0.1, 0.15) is 6.04 Å². The van der Waals surface area contributed by atoms with Gasteiger partial charge in [-0.25, -0.2) is 9.78 Å². The van der Waals surface area contributed by atoms with Crippen molar-refractivity contribution < 1.29 is 9.90 Å². The summed E-state index contributed by atoms with van der Waals surface area (Å²) < 4.78 is 1.84. The maximum atomic E-state index is 11.1. The van der Waals surface area contributed by atoms with Gasteiger partial charge in [-0.05, 0) is 32.1 Å². The minimum atomic E-state index is -0.761. The van der Waals surface area contributed by atoms with Crippen LogP contribution in [0.1, 0.15) is 43.6 Å². The van der Waals surface area contributed by atoms with Crippen LogP contribution >= 0.6 is 0 Å². The van der Waals surface area contributed by atoms with E-state index >= 15 is 0 Å². The fraction of sp³-hybridized carbons (Fsp3) is 0.636. The molecule has 0 bridgehead atoms. The van der Waals surface area contributed by atoms with E-state index in [1.807, 2.05) is 11.5 Å². The average molecular weight is 208 g/mol. The Kier molecular flexibility index (Phi) is 2.75. The highest BCUT2D eigenvalue weighted by molar-refractivity contribution is 5.72. The Hall–Kier alpha value is -1.32. The summed E-state index contributed by atoms with van der Waals surface area (Å²) in [6, 6.07) is -0.445. The zero-order valence-corrected chi connectivity index (χ0v) is 8.94. The van der Waals surface area contributed by atoms with Gasteiger partial charge in [0.2, 0.25) is 0 Å². The fourth-order valence-corrected chi connectivity index (χ4v) is 2.25. The SMILES string of the molecule is CCC(C(=O)O)n1cnc2c1CCCC2. The molecule has 82 valence electrons. The number of aromatic nitrogens is 2. The first-order chi connectivity index (χ1) is 7.24. The predicted molar refractivity (Wildman–Crippen MR) is 55.8 cm³/mol. The quantitative estimate of drug-likeness (QED) is 0.824. The lowest BCUT2D eigenvalue weighted by Gasteiger charge is -2.18. The molecule has 2 rings (SSSR count). The lowest BCUT2D eigenvalue weighted by atomic mass is 10.0. The van der Waals surface area contributed by atoms with E-state index in [1.54, 1.807) is 6.33 Å². The molecule has 1 aromatic heterocycles. The molecule has 4 heteroatoms. The third kappa shape index (κ3) is 1.76. The molecule has 1 unspecified atom stereocenters. The number of hydrogen-bond donors (Lipinski definition) is 1. The van der Waals surface area contributed by atoms with Crippen molar-refractivity contribution in [3.8, 4) is 0 Å². The first-order valence-electron chi connectivity index (χ1n) is 5.51. The van der Waals surface area contributed by atoms with Gasteiger partial charge in [0.25, 0.3) is 0 Å². The van der Waals surface area contributed by atoms with Crippen molar-refractivity contribution >= 4 is 5.97 Å². The van der Waals surface area contributed by atoms with E-state index in [-0.39, 0.29) is 0 Å². The third-order valence-electron chi connectivity index (χ3n) is 3.07. The van der Waals surface area contributed by atoms with Gasteiger partial charge in [-0.15, -0.1) is 0 Å². The number of rotatable bonds is 3. The van der Waals surface area contributed by atoms with Crippen LogP contribution in [0.15, 0.2) is 6.33 Å². The number of carbonyl (C=O) groups is 1. The van der Waals surface area contributed by atoms with Crippen LogP contribution in [0.5, 0.6) is 0 Å². The fourth-order valence-electron chi connectivity index (χ4n) is 2.25. The molecule has 0 spiro atoms. The summed E-state index contributed by atoms with van der Waals surface area (Å²) >= 11 is 0. The molecule has 0 aliphatic heterocycles. The van der Waals surface area contributed by atoms with Crippen molar-refractivity contribution in [2.24, 2.45) is 0 Å². The molecule has 1 atom stereocenters. The number of carboxylic acid groups (broad SMARTS) is 1. The lowest BCUT2D eigenvalue weighted by Crippen LogP contribution is -2.20. The van der Waals surface area contributed by atoms with E-state index < -0.39 is 12.0 Å². The van der Waals surface area contributed by atoms with Crippen molar-refractivity contribution in [2.75, 3.05) is 0 Å². The molecular formula is C11H16N2O2. The molecule has 15 heavy (non-hydrogen) atoms. The zero-order chi connectivity index (χ0) is 10.8. The van der Waals surface area contributed by atoms with Crippen LogP contribution in [0, 0.1) is 0 Å². The summed E-state index contributed by atoms with van der Waals surface area (Å²) in [6.45, 7) is 1.90. The maximum absolute atomic E-state index is 11.1. The smallest absolute Gasteiger partial charge is 0.326 e. The van der Waals surface area contributed by atoms with Gasteiger partial charge in [-0.3, -0.25) is 0 Å². The number of nitrogens with zero attached hydrogens (tertiary/aromatic N) is 2. The normalized spacial score (nSPS) is 17.1. The Morgan fingerprint density at radius 3 is 3.00 bits per heavy atom. The molecule has 0 fully saturated rings. The molecule has 0 aromatic carbocycles. The van der Waals surface area contributed by atoms with Crippen molar-refractivity contribution in [3.63, 3.8) is 0 Å². The van der Waals surface area contributed by atoms with Crippen molar-refractivity contribution in [2.45, 2.75) is 45.1 Å². The molecule has 1 heterocycles. The Bertz CT molecular complexity index is 371. The van der Waals surface area contributed by atoms with Gasteiger partial charge in [0, 0.05) is 5.69 Å². The van der Waals surface area contributed by atoms with Gasteiger partial charge in [0.15, 0.2) is 0 Å². The molecule has 1 aliphatic carbocycles. The summed E-state index contributed by atoms with van der Waals surface area (Å²) in [5.41, 5.74) is 2.23. The molecular weight excluding hydrogens is 192 g/mol. The van der Waals surface area contributed by atoms with Gasteiger partial charge in [-0.1, -0.05) is 6.92 Å². The number of fused-ring (bicyclic) bond motifs is 1. The summed E-state index contributed by atoms with van der Waals surface area (Å²) in [7, 11) is 0. The van der Waals surface area contributed by atoms with E-state index in [4.69, 9.17) is 5.11 Å². The van der Waals surface area contributed by atoms with Gasteiger partial charge in [0.05, 0.1) is 12.0 Å². The second-order valence-electron chi connectivity index (χ2n) is 4.01. The topological polar surface area (TPSA) is 55.1 Å². The molecule has 0 saturated heterocycles. The van der Waals surface area contributed by atoms with Crippen LogP contribution in [-0.4, -0.2) is 20.6 Å².